The maximum Gasteiger partial charge on any atom is 0.349 e. The Labute approximate surface area is 166 Å². The molecule has 0 unspecified atom stereocenters. The summed E-state index contributed by atoms with van der Waals surface area (Å²) in [6, 6.07) is 0. The highest BCUT2D eigenvalue weighted by molar-refractivity contribution is 6.73. The average Bonchev–Trinajstić information content (AvgIpc) is 2.73. The molecule has 0 radical (unpaired) electrons. The van der Waals surface area contributed by atoms with Gasteiger partial charge in [0.1, 0.15) is 6.10 Å². The molecule has 6 heteroatoms. The fraction of sp³-hybridized carbons (Fsp3) is 0.810. The van der Waals surface area contributed by atoms with Crippen LogP contribution < -0.4 is 0 Å². The molecule has 0 bridgehead atoms. The zero-order chi connectivity index (χ0) is 20.5. The Morgan fingerprint density at radius 2 is 1.74 bits per heavy atom. The van der Waals surface area contributed by atoms with E-state index < -0.39 is 14.9 Å². The van der Waals surface area contributed by atoms with Crippen LogP contribution in [0.4, 0.5) is 0 Å². The van der Waals surface area contributed by atoms with Crippen molar-refractivity contribution in [3.8, 4) is 0 Å². The second kappa shape index (κ2) is 8.27. The van der Waals surface area contributed by atoms with E-state index in [1.165, 1.54) is 0 Å². The standard InChI is InChI=1S/C21H38O5Si/c1-10-22-19(15(2)3)25-18-13-11-12-16-17(24-18)14-23-27(26-16,20(4,5)6)21(7,8)9/h11-12,16-18H,10,13-14H2,1-9H3/t16-,17-,18-/m1/s1. The first-order chi connectivity index (χ1) is 12.4. The van der Waals surface area contributed by atoms with E-state index in [4.69, 9.17) is 23.1 Å². The summed E-state index contributed by atoms with van der Waals surface area (Å²) in [6.07, 6.45) is 4.18. The van der Waals surface area contributed by atoms with Gasteiger partial charge in [-0.3, -0.25) is 0 Å². The lowest BCUT2D eigenvalue weighted by Gasteiger charge is -2.54. The van der Waals surface area contributed by atoms with Gasteiger partial charge in [-0.05, 0) is 20.8 Å². The van der Waals surface area contributed by atoms with Gasteiger partial charge >= 0.3 is 8.56 Å². The molecular formula is C21H38O5Si. The molecule has 1 fully saturated rings. The van der Waals surface area contributed by atoms with Crippen molar-refractivity contribution in [1.29, 1.82) is 0 Å². The molecule has 0 saturated carbocycles. The first kappa shape index (κ1) is 22.5. The van der Waals surface area contributed by atoms with Gasteiger partial charge in [-0.25, -0.2) is 0 Å². The number of fused-ring (bicyclic) bond motifs is 1. The van der Waals surface area contributed by atoms with Crippen molar-refractivity contribution in [1.82, 2.24) is 0 Å². The number of rotatable bonds is 4. The van der Waals surface area contributed by atoms with Crippen LogP contribution >= 0.6 is 0 Å². The fourth-order valence-electron chi connectivity index (χ4n) is 3.98. The van der Waals surface area contributed by atoms with E-state index in [0.717, 1.165) is 5.57 Å². The summed E-state index contributed by atoms with van der Waals surface area (Å²) in [6.45, 7) is 20.3. The van der Waals surface area contributed by atoms with Crippen LogP contribution in [-0.2, 0) is 23.1 Å². The molecule has 2 aliphatic heterocycles. The van der Waals surface area contributed by atoms with Crippen LogP contribution in [0, 0.1) is 0 Å². The normalized spacial score (nSPS) is 28.1. The lowest BCUT2D eigenvalue weighted by atomic mass is 10.2. The van der Waals surface area contributed by atoms with Gasteiger partial charge in [-0.15, -0.1) is 0 Å². The predicted molar refractivity (Wildman–Crippen MR) is 110 cm³/mol. The van der Waals surface area contributed by atoms with E-state index in [2.05, 4.69) is 53.7 Å². The van der Waals surface area contributed by atoms with Crippen LogP contribution in [-0.4, -0.2) is 40.3 Å². The molecule has 2 aliphatic rings. The van der Waals surface area contributed by atoms with E-state index in [-0.39, 0.29) is 22.3 Å². The van der Waals surface area contributed by atoms with Crippen LogP contribution in [0.5, 0.6) is 0 Å². The molecule has 0 N–H and O–H groups in total. The van der Waals surface area contributed by atoms with Crippen molar-refractivity contribution in [2.75, 3.05) is 13.2 Å². The molecule has 0 aromatic heterocycles. The van der Waals surface area contributed by atoms with Crippen molar-refractivity contribution in [3.05, 3.63) is 23.7 Å². The van der Waals surface area contributed by atoms with Crippen molar-refractivity contribution in [3.63, 3.8) is 0 Å². The molecule has 0 amide bonds. The van der Waals surface area contributed by atoms with Gasteiger partial charge in [0.15, 0.2) is 0 Å². The van der Waals surface area contributed by atoms with Gasteiger partial charge < -0.3 is 23.1 Å². The molecule has 0 aliphatic carbocycles. The van der Waals surface area contributed by atoms with E-state index in [1.807, 2.05) is 20.8 Å². The summed E-state index contributed by atoms with van der Waals surface area (Å²) in [7, 11) is -2.51. The monoisotopic (exact) mass is 398 g/mol. The van der Waals surface area contributed by atoms with Crippen LogP contribution in [0.2, 0.25) is 10.1 Å². The Kier molecular flexibility index (Phi) is 6.88. The second-order valence-electron chi connectivity index (χ2n) is 9.62. The molecule has 3 atom stereocenters. The van der Waals surface area contributed by atoms with Gasteiger partial charge in [-0.1, -0.05) is 53.7 Å². The molecule has 5 nitrogen and oxygen atoms in total. The molecule has 0 spiro atoms. The molecule has 1 saturated heterocycles. The third-order valence-corrected chi connectivity index (χ3v) is 10.1. The Balaban J connectivity index is 2.17. The van der Waals surface area contributed by atoms with Gasteiger partial charge in [0, 0.05) is 22.1 Å². The topological polar surface area (TPSA) is 46.2 Å². The second-order valence-corrected chi connectivity index (χ2v) is 14.4. The van der Waals surface area contributed by atoms with Gasteiger partial charge in [0.25, 0.3) is 5.95 Å². The summed E-state index contributed by atoms with van der Waals surface area (Å²) < 4.78 is 31.1. The average molecular weight is 399 g/mol. The summed E-state index contributed by atoms with van der Waals surface area (Å²) in [4.78, 5) is 0. The van der Waals surface area contributed by atoms with E-state index in [9.17, 15) is 0 Å². The summed E-state index contributed by atoms with van der Waals surface area (Å²) >= 11 is 0. The highest BCUT2D eigenvalue weighted by Gasteiger charge is 2.62. The summed E-state index contributed by atoms with van der Waals surface area (Å²) in [5.74, 6) is 0.542. The number of hydrogen-bond acceptors (Lipinski definition) is 5. The van der Waals surface area contributed by atoms with Crippen LogP contribution in [0.1, 0.15) is 68.7 Å². The fourth-order valence-corrected chi connectivity index (χ4v) is 8.89. The van der Waals surface area contributed by atoms with Gasteiger partial charge in [0.05, 0.1) is 19.3 Å². The number of ether oxygens (including phenoxy) is 3. The molecule has 2 heterocycles. The van der Waals surface area contributed by atoms with Crippen LogP contribution in [0.15, 0.2) is 23.7 Å². The Hall–Kier alpha value is -0.823. The van der Waals surface area contributed by atoms with Crippen molar-refractivity contribution in [2.24, 2.45) is 0 Å². The van der Waals surface area contributed by atoms with Gasteiger partial charge in [0.2, 0.25) is 6.29 Å². The minimum atomic E-state index is -2.51. The molecular weight excluding hydrogens is 360 g/mol. The first-order valence-corrected chi connectivity index (χ1v) is 11.8. The van der Waals surface area contributed by atoms with E-state index in [0.29, 0.717) is 25.6 Å². The number of hydrogen-bond donors (Lipinski definition) is 0. The molecule has 2 rings (SSSR count). The largest absolute Gasteiger partial charge is 0.466 e. The predicted octanol–water partition coefficient (Wildman–Crippen LogP) is 5.42. The lowest BCUT2D eigenvalue weighted by Crippen LogP contribution is -2.64. The zero-order valence-corrected chi connectivity index (χ0v) is 19.5. The highest BCUT2D eigenvalue weighted by atomic mass is 28.4. The third-order valence-electron chi connectivity index (χ3n) is 5.00. The zero-order valence-electron chi connectivity index (χ0n) is 18.5. The lowest BCUT2D eigenvalue weighted by molar-refractivity contribution is -0.203. The third kappa shape index (κ3) is 4.78. The highest BCUT2D eigenvalue weighted by Crippen LogP contribution is 2.54. The maximum atomic E-state index is 6.74. The Bertz CT molecular complexity index is 552. The molecule has 27 heavy (non-hydrogen) atoms. The Morgan fingerprint density at radius 1 is 1.11 bits per heavy atom. The van der Waals surface area contributed by atoms with Crippen molar-refractivity contribution in [2.45, 2.75) is 97.3 Å². The quantitative estimate of drug-likeness (QED) is 0.359. The molecule has 0 aromatic carbocycles. The van der Waals surface area contributed by atoms with Crippen molar-refractivity contribution >= 4 is 8.56 Å². The minimum Gasteiger partial charge on any atom is -0.466 e. The van der Waals surface area contributed by atoms with Crippen molar-refractivity contribution < 1.29 is 23.1 Å². The molecule has 156 valence electrons. The van der Waals surface area contributed by atoms with E-state index >= 15 is 0 Å². The Morgan fingerprint density at radius 3 is 2.26 bits per heavy atom. The maximum absolute atomic E-state index is 6.74. The van der Waals surface area contributed by atoms with E-state index in [1.54, 1.807) is 0 Å². The molecule has 0 aromatic rings. The minimum absolute atomic E-state index is 0.0452. The summed E-state index contributed by atoms with van der Waals surface area (Å²) in [5, 5.41) is -0.0904. The number of allylic oxidation sites excluding steroid dienone is 1. The van der Waals surface area contributed by atoms with Gasteiger partial charge in [-0.2, -0.15) is 0 Å². The SMILES string of the molecule is CCOC(O[C@@H]1CC=C[C@H]2O[Si](C(C)(C)C)(C(C)(C)C)OC[C@H]2O1)=C(C)C. The first-order valence-electron chi connectivity index (χ1n) is 10.0. The smallest absolute Gasteiger partial charge is 0.349 e. The van der Waals surface area contributed by atoms with Crippen LogP contribution in [0.3, 0.4) is 0 Å². The summed E-state index contributed by atoms with van der Waals surface area (Å²) in [5.41, 5.74) is 0.994. The van der Waals surface area contributed by atoms with Crippen LogP contribution in [0.25, 0.3) is 0 Å².